The fourth-order valence-electron chi connectivity index (χ4n) is 5.42. The van der Waals surface area contributed by atoms with Crippen LogP contribution in [0.5, 0.6) is 0 Å². The van der Waals surface area contributed by atoms with Gasteiger partial charge < -0.3 is 9.80 Å². The molecule has 5 nitrogen and oxygen atoms in total. The molecule has 0 aliphatic carbocycles. The third-order valence-electron chi connectivity index (χ3n) is 6.86. The van der Waals surface area contributed by atoms with Gasteiger partial charge in [0.1, 0.15) is 0 Å². The van der Waals surface area contributed by atoms with Gasteiger partial charge in [-0.3, -0.25) is 9.48 Å². The molecule has 3 aromatic rings. The fourth-order valence-corrected chi connectivity index (χ4v) is 5.42. The molecule has 4 aliphatic heterocycles. The van der Waals surface area contributed by atoms with Crippen molar-refractivity contribution in [2.45, 2.75) is 32.0 Å². The molecule has 0 spiro atoms. The highest BCUT2D eigenvalue weighted by Crippen LogP contribution is 2.36. The van der Waals surface area contributed by atoms with E-state index in [1.807, 2.05) is 18.2 Å². The Balaban J connectivity index is 1.40. The van der Waals surface area contributed by atoms with Crippen LogP contribution in [0.1, 0.15) is 34.5 Å². The molecule has 0 N–H and O–H groups in total. The van der Waals surface area contributed by atoms with Gasteiger partial charge in [-0.1, -0.05) is 36.4 Å². The highest BCUT2D eigenvalue weighted by atomic mass is 16.2. The molecule has 7 rings (SSSR count). The fraction of sp³-hybridized carbons (Fsp3) is 0.391. The van der Waals surface area contributed by atoms with Crippen molar-refractivity contribution in [1.29, 1.82) is 0 Å². The van der Waals surface area contributed by atoms with Crippen molar-refractivity contribution in [1.82, 2.24) is 19.6 Å². The Kier molecular flexibility index (Phi) is 3.60. The third-order valence-corrected chi connectivity index (χ3v) is 6.86. The summed E-state index contributed by atoms with van der Waals surface area (Å²) in [7, 11) is 0. The zero-order valence-corrected chi connectivity index (χ0v) is 15.9. The van der Waals surface area contributed by atoms with E-state index in [1.165, 1.54) is 31.5 Å². The standard InChI is InChI=1S/C23H24N4O/c28-23-18-7-4-8-20-22(18)19(24-27(20)13-16-5-2-1-3-6-16)14-26(23)21-15-25-11-9-17(21)10-12-25/h1-8,17,21H,9-15H2/t21-/m0/s1. The van der Waals surface area contributed by atoms with E-state index in [0.717, 1.165) is 35.2 Å². The highest BCUT2D eigenvalue weighted by Gasteiger charge is 2.42. The van der Waals surface area contributed by atoms with Crippen LogP contribution in [0.4, 0.5) is 0 Å². The third kappa shape index (κ3) is 2.42. The summed E-state index contributed by atoms with van der Waals surface area (Å²) in [6.07, 6.45) is 2.43. The zero-order valence-electron chi connectivity index (χ0n) is 15.9. The van der Waals surface area contributed by atoms with E-state index in [1.54, 1.807) is 0 Å². The number of carbonyl (C=O) groups is 1. The SMILES string of the molecule is O=C1c2cccc3c2c(nn3Cc2ccccc2)CN1[C@H]1CN2CCC1CC2. The summed E-state index contributed by atoms with van der Waals surface area (Å²) in [5, 5.41) is 6.02. The Morgan fingerprint density at radius 1 is 1.00 bits per heavy atom. The largest absolute Gasteiger partial charge is 0.328 e. The molecule has 142 valence electrons. The summed E-state index contributed by atoms with van der Waals surface area (Å²) in [6.45, 7) is 4.77. The Bertz CT molecular complexity index is 1050. The van der Waals surface area contributed by atoms with E-state index < -0.39 is 0 Å². The average Bonchev–Trinajstić information content (AvgIpc) is 3.10. The topological polar surface area (TPSA) is 41.4 Å². The van der Waals surface area contributed by atoms with Crippen LogP contribution >= 0.6 is 0 Å². The first kappa shape index (κ1) is 16.3. The number of hydrogen-bond donors (Lipinski definition) is 0. The quantitative estimate of drug-likeness (QED) is 0.709. The molecule has 1 amide bonds. The van der Waals surface area contributed by atoms with Gasteiger partial charge in [-0.05, 0) is 49.5 Å². The van der Waals surface area contributed by atoms with E-state index in [9.17, 15) is 4.79 Å². The maximum atomic E-state index is 13.4. The highest BCUT2D eigenvalue weighted by molar-refractivity contribution is 6.09. The van der Waals surface area contributed by atoms with Crippen LogP contribution in [0.3, 0.4) is 0 Å². The lowest BCUT2D eigenvalue weighted by Gasteiger charge is -2.49. The van der Waals surface area contributed by atoms with Gasteiger partial charge in [-0.25, -0.2) is 0 Å². The Morgan fingerprint density at radius 2 is 1.82 bits per heavy atom. The van der Waals surface area contributed by atoms with Gasteiger partial charge in [0, 0.05) is 18.0 Å². The van der Waals surface area contributed by atoms with Gasteiger partial charge >= 0.3 is 0 Å². The van der Waals surface area contributed by atoms with Crippen LogP contribution in [0, 0.1) is 5.92 Å². The number of carbonyl (C=O) groups excluding carboxylic acids is 1. The number of amides is 1. The van der Waals surface area contributed by atoms with Crippen molar-refractivity contribution in [2.24, 2.45) is 5.92 Å². The van der Waals surface area contributed by atoms with E-state index in [4.69, 9.17) is 5.10 Å². The molecule has 4 aliphatic rings. The van der Waals surface area contributed by atoms with Crippen LogP contribution in [-0.2, 0) is 13.1 Å². The molecule has 0 unspecified atom stereocenters. The average molecular weight is 372 g/mol. The number of hydrogen-bond acceptors (Lipinski definition) is 3. The van der Waals surface area contributed by atoms with Crippen LogP contribution in [0.15, 0.2) is 48.5 Å². The van der Waals surface area contributed by atoms with Gasteiger partial charge in [-0.15, -0.1) is 0 Å². The predicted molar refractivity (Wildman–Crippen MR) is 108 cm³/mol. The first-order chi connectivity index (χ1) is 13.8. The van der Waals surface area contributed by atoms with Crippen LogP contribution in [0.2, 0.25) is 0 Å². The van der Waals surface area contributed by atoms with Gasteiger partial charge in [-0.2, -0.15) is 5.10 Å². The number of nitrogens with zero attached hydrogens (tertiary/aromatic N) is 4. The molecule has 3 fully saturated rings. The van der Waals surface area contributed by atoms with E-state index in [2.05, 4.69) is 44.8 Å². The van der Waals surface area contributed by atoms with E-state index in [-0.39, 0.29) is 5.91 Å². The van der Waals surface area contributed by atoms with Crippen LogP contribution in [-0.4, -0.2) is 51.2 Å². The lowest BCUT2D eigenvalue weighted by molar-refractivity contribution is 0.00362. The number of fused-ring (bicyclic) bond motifs is 3. The van der Waals surface area contributed by atoms with Crippen molar-refractivity contribution in [2.75, 3.05) is 19.6 Å². The van der Waals surface area contributed by atoms with Crippen molar-refractivity contribution in [3.63, 3.8) is 0 Å². The summed E-state index contributed by atoms with van der Waals surface area (Å²) in [6, 6.07) is 16.8. The summed E-state index contributed by atoms with van der Waals surface area (Å²) in [5.41, 5.74) is 4.18. The lowest BCUT2D eigenvalue weighted by Crippen LogP contribution is -2.59. The van der Waals surface area contributed by atoms with Crippen molar-refractivity contribution in [3.05, 3.63) is 65.4 Å². The van der Waals surface area contributed by atoms with Crippen molar-refractivity contribution < 1.29 is 4.79 Å². The normalized spacial score (nSPS) is 26.2. The molecule has 2 bridgehead atoms. The first-order valence-electron chi connectivity index (χ1n) is 10.3. The number of benzene rings is 2. The lowest BCUT2D eigenvalue weighted by atomic mass is 9.82. The Labute approximate surface area is 164 Å². The van der Waals surface area contributed by atoms with Gasteiger partial charge in [0.15, 0.2) is 0 Å². The summed E-state index contributed by atoms with van der Waals surface area (Å²) >= 11 is 0. The maximum absolute atomic E-state index is 13.4. The Hall–Kier alpha value is -2.66. The minimum absolute atomic E-state index is 0.191. The maximum Gasteiger partial charge on any atom is 0.255 e. The van der Waals surface area contributed by atoms with Gasteiger partial charge in [0.05, 0.1) is 29.9 Å². The molecular weight excluding hydrogens is 348 g/mol. The predicted octanol–water partition coefficient (Wildman–Crippen LogP) is 3.13. The Morgan fingerprint density at radius 3 is 2.57 bits per heavy atom. The van der Waals surface area contributed by atoms with E-state index in [0.29, 0.717) is 18.5 Å². The van der Waals surface area contributed by atoms with E-state index >= 15 is 0 Å². The molecule has 1 aromatic heterocycles. The molecule has 1 atom stereocenters. The summed E-state index contributed by atoms with van der Waals surface area (Å²) < 4.78 is 2.07. The smallest absolute Gasteiger partial charge is 0.255 e. The summed E-state index contributed by atoms with van der Waals surface area (Å²) in [5.74, 6) is 0.831. The zero-order chi connectivity index (χ0) is 18.7. The molecule has 2 aromatic carbocycles. The minimum Gasteiger partial charge on any atom is -0.328 e. The first-order valence-corrected chi connectivity index (χ1v) is 10.3. The molecule has 0 saturated carbocycles. The molecule has 5 heteroatoms. The molecule has 5 heterocycles. The van der Waals surface area contributed by atoms with Crippen molar-refractivity contribution in [3.8, 4) is 0 Å². The number of piperidine rings is 3. The number of aromatic nitrogens is 2. The molecule has 0 radical (unpaired) electrons. The second kappa shape index (κ2) is 6.17. The van der Waals surface area contributed by atoms with Crippen molar-refractivity contribution >= 4 is 16.8 Å². The molecule has 3 saturated heterocycles. The van der Waals surface area contributed by atoms with Gasteiger partial charge in [0.2, 0.25) is 0 Å². The summed E-state index contributed by atoms with van der Waals surface area (Å²) in [4.78, 5) is 18.1. The second-order valence-electron chi connectivity index (χ2n) is 8.43. The molecular formula is C23H24N4O. The monoisotopic (exact) mass is 372 g/mol. The van der Waals surface area contributed by atoms with Gasteiger partial charge in [0.25, 0.3) is 5.91 Å². The molecule has 28 heavy (non-hydrogen) atoms. The van der Waals surface area contributed by atoms with Crippen LogP contribution in [0.25, 0.3) is 10.9 Å². The minimum atomic E-state index is 0.191. The van der Waals surface area contributed by atoms with Crippen LogP contribution < -0.4 is 0 Å². The number of rotatable bonds is 3. The second-order valence-corrected chi connectivity index (χ2v) is 8.43.